The summed E-state index contributed by atoms with van der Waals surface area (Å²) >= 11 is 0. The van der Waals surface area contributed by atoms with Gasteiger partial charge < -0.3 is 10.2 Å². The zero-order valence-electron chi connectivity index (χ0n) is 11.2. The van der Waals surface area contributed by atoms with E-state index in [1.54, 1.807) is 6.92 Å². The average Bonchev–Trinajstić information content (AvgIpc) is 2.13. The van der Waals surface area contributed by atoms with E-state index >= 15 is 0 Å². The first-order chi connectivity index (χ1) is 7.24. The number of carbonyl (C=O) groups is 1. The molecule has 0 fully saturated rings. The molecule has 0 bridgehead atoms. The van der Waals surface area contributed by atoms with Gasteiger partial charge in [-0.2, -0.15) is 0 Å². The summed E-state index contributed by atoms with van der Waals surface area (Å²) in [6.45, 7) is 9.98. The van der Waals surface area contributed by atoms with E-state index in [0.717, 1.165) is 12.8 Å². The maximum atomic E-state index is 11.2. The molecule has 0 aliphatic heterocycles. The molecule has 0 amide bonds. The van der Waals surface area contributed by atoms with E-state index in [4.69, 9.17) is 0 Å². The topological polar surface area (TPSA) is 57.5 Å². The minimum atomic E-state index is -1.56. The van der Waals surface area contributed by atoms with Crippen LogP contribution >= 0.6 is 0 Å². The Labute approximate surface area is 98.9 Å². The van der Waals surface area contributed by atoms with Crippen LogP contribution in [0.1, 0.15) is 53.9 Å². The molecule has 0 heterocycles. The summed E-state index contributed by atoms with van der Waals surface area (Å²) in [6, 6.07) is 0. The third-order valence-corrected chi connectivity index (χ3v) is 3.10. The Morgan fingerprint density at radius 2 is 1.50 bits per heavy atom. The smallest absolute Gasteiger partial charge is 0.335 e. The van der Waals surface area contributed by atoms with Gasteiger partial charge in [-0.15, -0.1) is 0 Å². The molecule has 0 spiro atoms. The first kappa shape index (κ1) is 15.4. The van der Waals surface area contributed by atoms with Gasteiger partial charge in [0.05, 0.1) is 0 Å². The van der Waals surface area contributed by atoms with Crippen molar-refractivity contribution in [1.82, 2.24) is 0 Å². The second-order valence-electron chi connectivity index (χ2n) is 5.54. The largest absolute Gasteiger partial charge is 0.479 e. The summed E-state index contributed by atoms with van der Waals surface area (Å²) in [7, 11) is 0. The van der Waals surface area contributed by atoms with E-state index in [1.807, 2.05) is 0 Å². The molecule has 1 atom stereocenters. The van der Waals surface area contributed by atoms with Crippen molar-refractivity contribution in [3.05, 3.63) is 0 Å². The van der Waals surface area contributed by atoms with Crippen LogP contribution in [-0.4, -0.2) is 21.8 Å². The second-order valence-corrected chi connectivity index (χ2v) is 5.54. The number of rotatable bonds is 7. The fraction of sp³-hybridized carbons (Fsp3) is 0.923. The van der Waals surface area contributed by atoms with Crippen LogP contribution in [0.3, 0.4) is 0 Å². The number of hydrogen-bond donors (Lipinski definition) is 2. The number of carboxylic acid groups (broad SMARTS) is 1. The normalized spacial score (nSPS) is 15.8. The lowest BCUT2D eigenvalue weighted by atomic mass is 9.75. The fourth-order valence-electron chi connectivity index (χ4n) is 2.24. The molecule has 96 valence electrons. The molecule has 3 nitrogen and oxygen atoms in total. The van der Waals surface area contributed by atoms with Crippen LogP contribution < -0.4 is 0 Å². The van der Waals surface area contributed by atoms with Gasteiger partial charge in [0.1, 0.15) is 0 Å². The van der Waals surface area contributed by atoms with E-state index in [9.17, 15) is 15.0 Å². The number of carboxylic acids is 1. The first-order valence-electron chi connectivity index (χ1n) is 6.19. The van der Waals surface area contributed by atoms with E-state index in [-0.39, 0.29) is 12.3 Å². The van der Waals surface area contributed by atoms with Gasteiger partial charge in [0, 0.05) is 0 Å². The van der Waals surface area contributed by atoms with Crippen LogP contribution in [0.2, 0.25) is 0 Å². The molecule has 0 aliphatic rings. The molecule has 0 aromatic heterocycles. The van der Waals surface area contributed by atoms with Crippen LogP contribution in [0.4, 0.5) is 0 Å². The molecule has 3 heteroatoms. The number of aliphatic carboxylic acids is 1. The van der Waals surface area contributed by atoms with Gasteiger partial charge in [0.2, 0.25) is 0 Å². The van der Waals surface area contributed by atoms with Crippen LogP contribution in [0.25, 0.3) is 0 Å². The molecular formula is C13H26O3. The standard InChI is InChI=1S/C13H26O3/c1-6-13(16,12(14)15)11(7-9(2)3)8-10(4)5/h9-11,16H,6-8H2,1-5H3,(H,14,15). The molecule has 0 saturated carbocycles. The van der Waals surface area contributed by atoms with Gasteiger partial charge in [-0.1, -0.05) is 34.6 Å². The summed E-state index contributed by atoms with van der Waals surface area (Å²) in [5, 5.41) is 19.4. The van der Waals surface area contributed by atoms with Gasteiger partial charge in [0.25, 0.3) is 0 Å². The van der Waals surface area contributed by atoms with Crippen molar-refractivity contribution < 1.29 is 15.0 Å². The molecule has 2 N–H and O–H groups in total. The lowest BCUT2D eigenvalue weighted by molar-refractivity contribution is -0.167. The lowest BCUT2D eigenvalue weighted by Gasteiger charge is -2.34. The van der Waals surface area contributed by atoms with Crippen molar-refractivity contribution in [2.45, 2.75) is 59.5 Å². The summed E-state index contributed by atoms with van der Waals surface area (Å²) < 4.78 is 0. The molecule has 0 radical (unpaired) electrons. The Bertz CT molecular complexity index is 213. The molecule has 1 unspecified atom stereocenters. The van der Waals surface area contributed by atoms with Crippen molar-refractivity contribution in [2.24, 2.45) is 17.8 Å². The van der Waals surface area contributed by atoms with Crippen LogP contribution in [0.5, 0.6) is 0 Å². The minimum absolute atomic E-state index is 0.157. The summed E-state index contributed by atoms with van der Waals surface area (Å²) in [5.41, 5.74) is -1.56. The lowest BCUT2D eigenvalue weighted by Crippen LogP contribution is -2.46. The maximum absolute atomic E-state index is 11.2. The molecule has 0 saturated heterocycles. The Morgan fingerprint density at radius 1 is 1.12 bits per heavy atom. The SMILES string of the molecule is CCC(O)(C(=O)O)C(CC(C)C)CC(C)C. The highest BCUT2D eigenvalue weighted by Gasteiger charge is 2.42. The van der Waals surface area contributed by atoms with Crippen molar-refractivity contribution >= 4 is 5.97 Å². The molecular weight excluding hydrogens is 204 g/mol. The van der Waals surface area contributed by atoms with Gasteiger partial charge in [-0.05, 0) is 37.0 Å². The van der Waals surface area contributed by atoms with Crippen molar-refractivity contribution in [3.63, 3.8) is 0 Å². The van der Waals surface area contributed by atoms with Crippen LogP contribution in [0, 0.1) is 17.8 Å². The Kier molecular flexibility index (Phi) is 6.01. The molecule has 16 heavy (non-hydrogen) atoms. The summed E-state index contributed by atoms with van der Waals surface area (Å²) in [6.07, 6.45) is 1.79. The van der Waals surface area contributed by atoms with Gasteiger partial charge in [-0.3, -0.25) is 0 Å². The van der Waals surface area contributed by atoms with Crippen LogP contribution in [0.15, 0.2) is 0 Å². The Hall–Kier alpha value is -0.570. The summed E-state index contributed by atoms with van der Waals surface area (Å²) in [4.78, 5) is 11.2. The average molecular weight is 230 g/mol. The maximum Gasteiger partial charge on any atom is 0.335 e. The predicted octanol–water partition coefficient (Wildman–Crippen LogP) is 2.92. The third kappa shape index (κ3) is 4.12. The molecule has 0 aromatic carbocycles. The predicted molar refractivity (Wildman–Crippen MR) is 65.3 cm³/mol. The van der Waals surface area contributed by atoms with Crippen molar-refractivity contribution in [2.75, 3.05) is 0 Å². The van der Waals surface area contributed by atoms with Crippen molar-refractivity contribution in [1.29, 1.82) is 0 Å². The zero-order valence-corrected chi connectivity index (χ0v) is 11.2. The minimum Gasteiger partial charge on any atom is -0.479 e. The second kappa shape index (κ2) is 6.24. The van der Waals surface area contributed by atoms with Gasteiger partial charge >= 0.3 is 5.97 Å². The highest BCUT2D eigenvalue weighted by atomic mass is 16.4. The third-order valence-electron chi connectivity index (χ3n) is 3.10. The number of aliphatic hydroxyl groups is 1. The van der Waals surface area contributed by atoms with E-state index in [0.29, 0.717) is 11.8 Å². The van der Waals surface area contributed by atoms with Gasteiger partial charge in [-0.25, -0.2) is 4.79 Å². The quantitative estimate of drug-likeness (QED) is 0.707. The first-order valence-corrected chi connectivity index (χ1v) is 6.19. The Morgan fingerprint density at radius 3 is 1.69 bits per heavy atom. The van der Waals surface area contributed by atoms with E-state index in [2.05, 4.69) is 27.7 Å². The fourth-order valence-corrected chi connectivity index (χ4v) is 2.24. The molecule has 0 aromatic rings. The molecule has 0 rings (SSSR count). The van der Waals surface area contributed by atoms with Crippen molar-refractivity contribution in [3.8, 4) is 0 Å². The van der Waals surface area contributed by atoms with Gasteiger partial charge in [0.15, 0.2) is 5.60 Å². The highest BCUT2D eigenvalue weighted by Crippen LogP contribution is 2.33. The number of hydrogen-bond acceptors (Lipinski definition) is 2. The summed E-state index contributed by atoms with van der Waals surface area (Å²) in [5.74, 6) is -0.432. The van der Waals surface area contributed by atoms with E-state index in [1.165, 1.54) is 0 Å². The molecule has 0 aliphatic carbocycles. The van der Waals surface area contributed by atoms with Crippen LogP contribution in [-0.2, 0) is 4.79 Å². The monoisotopic (exact) mass is 230 g/mol. The zero-order chi connectivity index (χ0) is 12.9. The Balaban J connectivity index is 4.89. The highest BCUT2D eigenvalue weighted by molar-refractivity contribution is 5.77. The van der Waals surface area contributed by atoms with E-state index < -0.39 is 11.6 Å².